The maximum absolute atomic E-state index is 13.0. The summed E-state index contributed by atoms with van der Waals surface area (Å²) in [6, 6.07) is 22.8. The van der Waals surface area contributed by atoms with E-state index in [1.165, 1.54) is 17.7 Å². The number of amides is 1. The average Bonchev–Trinajstić information content (AvgIpc) is 2.85. The molecule has 7 nitrogen and oxygen atoms in total. The number of anilines is 1. The zero-order valence-electron chi connectivity index (χ0n) is 18.5. The maximum Gasteiger partial charge on any atom is 0.261 e. The Hall–Kier alpha value is -3.36. The van der Waals surface area contributed by atoms with Crippen molar-refractivity contribution in [2.45, 2.75) is 11.4 Å². The third kappa shape index (κ3) is 5.71. The van der Waals surface area contributed by atoms with Gasteiger partial charge in [0.25, 0.3) is 15.9 Å². The molecule has 0 unspecified atom stereocenters. The van der Waals surface area contributed by atoms with E-state index in [1.54, 1.807) is 49.6 Å². The third-order valence-electron chi connectivity index (χ3n) is 5.64. The topological polar surface area (TPSA) is 79.0 Å². The van der Waals surface area contributed by atoms with Crippen LogP contribution < -0.4 is 9.46 Å². The molecule has 33 heavy (non-hydrogen) atoms. The van der Waals surface area contributed by atoms with Gasteiger partial charge < -0.3 is 9.64 Å². The number of methoxy groups -OCH3 is 1. The van der Waals surface area contributed by atoms with Gasteiger partial charge in [-0.15, -0.1) is 0 Å². The number of nitrogens with zero attached hydrogens (tertiary/aromatic N) is 2. The molecule has 0 spiro atoms. The first-order chi connectivity index (χ1) is 15.9. The highest BCUT2D eigenvalue weighted by molar-refractivity contribution is 7.92. The van der Waals surface area contributed by atoms with E-state index in [0.29, 0.717) is 24.3 Å². The van der Waals surface area contributed by atoms with Crippen LogP contribution in [-0.2, 0) is 16.6 Å². The fourth-order valence-corrected chi connectivity index (χ4v) is 4.88. The van der Waals surface area contributed by atoms with E-state index < -0.39 is 10.0 Å². The molecule has 1 saturated heterocycles. The van der Waals surface area contributed by atoms with Crippen molar-refractivity contribution in [3.05, 3.63) is 90.0 Å². The Labute approximate surface area is 194 Å². The van der Waals surface area contributed by atoms with Gasteiger partial charge in [-0.25, -0.2) is 8.42 Å². The molecule has 1 aliphatic heterocycles. The molecule has 3 aromatic carbocycles. The molecule has 1 aliphatic rings. The van der Waals surface area contributed by atoms with E-state index in [4.69, 9.17) is 4.74 Å². The van der Waals surface area contributed by atoms with Gasteiger partial charge in [-0.1, -0.05) is 36.4 Å². The summed E-state index contributed by atoms with van der Waals surface area (Å²) in [4.78, 5) is 17.3. The lowest BCUT2D eigenvalue weighted by Gasteiger charge is -2.34. The van der Waals surface area contributed by atoms with Gasteiger partial charge >= 0.3 is 0 Å². The van der Waals surface area contributed by atoms with E-state index in [9.17, 15) is 13.2 Å². The van der Waals surface area contributed by atoms with Gasteiger partial charge in [0.15, 0.2) is 0 Å². The zero-order chi connectivity index (χ0) is 23.3. The van der Waals surface area contributed by atoms with Crippen LogP contribution in [-0.4, -0.2) is 57.4 Å². The fourth-order valence-electron chi connectivity index (χ4n) is 3.81. The van der Waals surface area contributed by atoms with Crippen molar-refractivity contribution in [2.24, 2.45) is 0 Å². The first-order valence-corrected chi connectivity index (χ1v) is 12.3. The maximum atomic E-state index is 13.0. The van der Waals surface area contributed by atoms with Gasteiger partial charge in [0, 0.05) is 44.0 Å². The Morgan fingerprint density at radius 1 is 0.909 bits per heavy atom. The molecule has 0 radical (unpaired) electrons. The highest BCUT2D eigenvalue weighted by Gasteiger charge is 2.23. The second-order valence-corrected chi connectivity index (χ2v) is 9.60. The standard InChI is InChI=1S/C25H27N3O4S/c1-32-23-12-10-20(11-13-23)19-27-14-16-28(17-15-27)25(29)21-6-5-7-22(18-21)26-33(30,31)24-8-3-2-4-9-24/h2-13,18,26H,14-17,19H2,1H3. The van der Waals surface area contributed by atoms with Crippen LogP contribution in [0.2, 0.25) is 0 Å². The summed E-state index contributed by atoms with van der Waals surface area (Å²) in [7, 11) is -2.06. The fraction of sp³-hybridized carbons (Fsp3) is 0.240. The summed E-state index contributed by atoms with van der Waals surface area (Å²) < 4.78 is 32.9. The van der Waals surface area contributed by atoms with Gasteiger partial charge in [-0.3, -0.25) is 14.4 Å². The molecule has 4 rings (SSSR count). The van der Waals surface area contributed by atoms with Crippen molar-refractivity contribution < 1.29 is 17.9 Å². The number of hydrogen-bond donors (Lipinski definition) is 1. The van der Waals surface area contributed by atoms with Gasteiger partial charge in [-0.05, 0) is 48.0 Å². The molecule has 1 N–H and O–H groups in total. The molecule has 1 fully saturated rings. The largest absolute Gasteiger partial charge is 0.497 e. The lowest BCUT2D eigenvalue weighted by atomic mass is 10.1. The minimum absolute atomic E-state index is 0.0974. The van der Waals surface area contributed by atoms with Crippen LogP contribution in [0, 0.1) is 0 Å². The quantitative estimate of drug-likeness (QED) is 0.578. The Morgan fingerprint density at radius 3 is 2.27 bits per heavy atom. The zero-order valence-corrected chi connectivity index (χ0v) is 19.3. The molecular formula is C25H27N3O4S. The number of carbonyl (C=O) groups excluding carboxylic acids is 1. The van der Waals surface area contributed by atoms with Crippen molar-refractivity contribution in [3.8, 4) is 5.75 Å². The van der Waals surface area contributed by atoms with Gasteiger partial charge in [0.05, 0.1) is 12.0 Å². The number of carbonyl (C=O) groups is 1. The second-order valence-electron chi connectivity index (χ2n) is 7.92. The number of sulfonamides is 1. The number of hydrogen-bond acceptors (Lipinski definition) is 5. The molecule has 1 heterocycles. The second kappa shape index (κ2) is 10.1. The van der Waals surface area contributed by atoms with Crippen LogP contribution >= 0.6 is 0 Å². The Bertz CT molecular complexity index is 1190. The first-order valence-electron chi connectivity index (χ1n) is 10.8. The molecule has 1 amide bonds. The minimum atomic E-state index is -3.71. The van der Waals surface area contributed by atoms with E-state index in [0.717, 1.165) is 25.4 Å². The number of benzene rings is 3. The summed E-state index contributed by atoms with van der Waals surface area (Å²) in [5, 5.41) is 0. The summed E-state index contributed by atoms with van der Waals surface area (Å²) in [6.45, 7) is 3.61. The summed E-state index contributed by atoms with van der Waals surface area (Å²) >= 11 is 0. The molecule has 172 valence electrons. The molecule has 0 bridgehead atoms. The highest BCUT2D eigenvalue weighted by atomic mass is 32.2. The number of ether oxygens (including phenoxy) is 1. The van der Waals surface area contributed by atoms with E-state index >= 15 is 0 Å². The Kier molecular flexibility index (Phi) is 6.96. The van der Waals surface area contributed by atoms with Crippen molar-refractivity contribution in [1.29, 1.82) is 0 Å². The Morgan fingerprint density at radius 2 is 1.61 bits per heavy atom. The van der Waals surface area contributed by atoms with Crippen LogP contribution in [0.5, 0.6) is 5.75 Å². The van der Waals surface area contributed by atoms with E-state index in [-0.39, 0.29) is 10.8 Å². The van der Waals surface area contributed by atoms with Crippen LogP contribution in [0.25, 0.3) is 0 Å². The lowest BCUT2D eigenvalue weighted by molar-refractivity contribution is 0.0628. The SMILES string of the molecule is COc1ccc(CN2CCN(C(=O)c3cccc(NS(=O)(=O)c4ccccc4)c3)CC2)cc1. The summed E-state index contributed by atoms with van der Waals surface area (Å²) in [6.07, 6.45) is 0. The average molecular weight is 466 g/mol. The smallest absolute Gasteiger partial charge is 0.261 e. The molecule has 0 atom stereocenters. The summed E-state index contributed by atoms with van der Waals surface area (Å²) in [5.74, 6) is 0.738. The van der Waals surface area contributed by atoms with Gasteiger partial charge in [0.1, 0.15) is 5.75 Å². The predicted molar refractivity (Wildman–Crippen MR) is 128 cm³/mol. The molecule has 0 aromatic heterocycles. The van der Waals surface area contributed by atoms with E-state index in [1.807, 2.05) is 17.0 Å². The van der Waals surface area contributed by atoms with Crippen LogP contribution in [0.3, 0.4) is 0 Å². The van der Waals surface area contributed by atoms with Crippen LogP contribution in [0.15, 0.2) is 83.8 Å². The lowest BCUT2D eigenvalue weighted by Crippen LogP contribution is -2.48. The van der Waals surface area contributed by atoms with Crippen LogP contribution in [0.4, 0.5) is 5.69 Å². The van der Waals surface area contributed by atoms with Gasteiger partial charge in [-0.2, -0.15) is 0 Å². The monoisotopic (exact) mass is 465 g/mol. The van der Waals surface area contributed by atoms with Crippen molar-refractivity contribution in [3.63, 3.8) is 0 Å². The minimum Gasteiger partial charge on any atom is -0.497 e. The highest BCUT2D eigenvalue weighted by Crippen LogP contribution is 2.19. The number of rotatable bonds is 7. The Balaban J connectivity index is 1.36. The molecule has 3 aromatic rings. The van der Waals surface area contributed by atoms with E-state index in [2.05, 4.69) is 21.8 Å². The van der Waals surface area contributed by atoms with Crippen molar-refractivity contribution >= 4 is 21.6 Å². The van der Waals surface area contributed by atoms with Crippen molar-refractivity contribution in [2.75, 3.05) is 38.0 Å². The van der Waals surface area contributed by atoms with Crippen molar-refractivity contribution in [1.82, 2.24) is 9.80 Å². The van der Waals surface area contributed by atoms with Crippen LogP contribution in [0.1, 0.15) is 15.9 Å². The first kappa shape index (κ1) is 22.8. The molecule has 8 heteroatoms. The number of piperazine rings is 1. The normalized spacial score (nSPS) is 14.6. The third-order valence-corrected chi connectivity index (χ3v) is 7.04. The molecule has 0 aliphatic carbocycles. The van der Waals surface area contributed by atoms with Gasteiger partial charge in [0.2, 0.25) is 0 Å². The molecular weight excluding hydrogens is 438 g/mol. The molecule has 0 saturated carbocycles. The predicted octanol–water partition coefficient (Wildman–Crippen LogP) is 3.45. The summed E-state index contributed by atoms with van der Waals surface area (Å²) in [5.41, 5.74) is 2.03. The number of nitrogens with one attached hydrogen (secondary N) is 1.